The van der Waals surface area contributed by atoms with E-state index in [1.54, 1.807) is 0 Å². The Hall–Kier alpha value is -1.28. The fourth-order valence-electron chi connectivity index (χ4n) is 3.24. The lowest BCUT2D eigenvalue weighted by Gasteiger charge is -2.20. The van der Waals surface area contributed by atoms with Gasteiger partial charge in [-0.1, -0.05) is 61.5 Å². The maximum Gasteiger partial charge on any atom is 0.281 e. The van der Waals surface area contributed by atoms with Crippen molar-refractivity contribution in [2.24, 2.45) is 0 Å². The molecule has 0 saturated carbocycles. The maximum absolute atomic E-state index is 6.67. The largest absolute Gasteiger partial charge is 0.281 e. The molecule has 0 N–H and O–H groups in total. The molecule has 0 nitrogen and oxygen atoms in total. The van der Waals surface area contributed by atoms with Gasteiger partial charge in [-0.3, -0.25) is 0 Å². The van der Waals surface area contributed by atoms with Gasteiger partial charge in [0.15, 0.2) is 0 Å². The molecule has 4 aromatic rings. The summed E-state index contributed by atoms with van der Waals surface area (Å²) < 4.78 is 0. The van der Waals surface area contributed by atoms with Crippen LogP contribution in [-0.2, 0) is 0 Å². The van der Waals surface area contributed by atoms with Crippen molar-refractivity contribution < 1.29 is 0 Å². The average molecular weight is 329 g/mol. The van der Waals surface area contributed by atoms with Gasteiger partial charge in [0.25, 0.3) is 6.69 Å². The van der Waals surface area contributed by atoms with Crippen molar-refractivity contribution in [3.05, 3.63) is 54.6 Å². The quantitative estimate of drug-likeness (QED) is 0.250. The normalized spacial score (nSPS) is 12.7. The predicted octanol–water partition coefficient (Wildman–Crippen LogP) is 5.73. The first-order valence-electron chi connectivity index (χ1n) is 7.16. The third-order valence-corrected chi connectivity index (χ3v) is 9.30. The van der Waals surface area contributed by atoms with Crippen LogP contribution in [0.25, 0.3) is 32.3 Å². The van der Waals surface area contributed by atoms with Gasteiger partial charge in [-0.2, -0.15) is 0 Å². The fraction of sp³-hybridized carbons (Fsp3) is 0.111. The van der Waals surface area contributed by atoms with E-state index in [9.17, 15) is 0 Å². The Kier molecular flexibility index (Phi) is 2.94. The second kappa shape index (κ2) is 4.61. The molecule has 104 valence electrons. The first-order valence-corrected chi connectivity index (χ1v) is 11.4. The van der Waals surface area contributed by atoms with Crippen LogP contribution < -0.4 is 5.19 Å². The summed E-state index contributed by atoms with van der Waals surface area (Å²) in [5.41, 5.74) is 0. The summed E-state index contributed by atoms with van der Waals surface area (Å²) in [7, 11) is 0. The Balaban J connectivity index is 2.26. The zero-order valence-electron chi connectivity index (χ0n) is 11.7. The molecule has 0 bridgehead atoms. The van der Waals surface area contributed by atoms with E-state index in [2.05, 4.69) is 61.5 Å². The van der Waals surface area contributed by atoms with Crippen LogP contribution in [0.4, 0.5) is 0 Å². The molecule has 0 unspecified atom stereocenters. The molecule has 0 radical (unpaired) electrons. The van der Waals surface area contributed by atoms with Crippen molar-refractivity contribution in [2.45, 2.75) is 13.0 Å². The van der Waals surface area contributed by atoms with Gasteiger partial charge in [0.1, 0.15) is 0 Å². The van der Waals surface area contributed by atoms with Gasteiger partial charge < -0.3 is 0 Å². The molecule has 21 heavy (non-hydrogen) atoms. The van der Waals surface area contributed by atoms with Crippen molar-refractivity contribution in [2.75, 3.05) is 0 Å². The molecule has 0 spiro atoms. The Bertz CT molecular complexity index is 944. The van der Waals surface area contributed by atoms with E-state index in [0.717, 1.165) is 11.2 Å². The van der Waals surface area contributed by atoms with E-state index in [-0.39, 0.29) is 0 Å². The van der Waals surface area contributed by atoms with Crippen LogP contribution in [0.5, 0.6) is 0 Å². The van der Waals surface area contributed by atoms with Gasteiger partial charge in [0.2, 0.25) is 0 Å². The molecule has 0 aliphatic heterocycles. The number of hydrogen-bond donors (Lipinski definition) is 0. The zero-order chi connectivity index (χ0) is 14.6. The number of benzene rings is 4. The van der Waals surface area contributed by atoms with Crippen LogP contribution in [0.15, 0.2) is 54.6 Å². The lowest BCUT2D eigenvalue weighted by Crippen LogP contribution is -2.36. The van der Waals surface area contributed by atoms with Crippen LogP contribution in [0, 0.1) is 0 Å². The van der Waals surface area contributed by atoms with Gasteiger partial charge in [0.05, 0.1) is 0 Å². The standard InChI is InChI=1S/C18H14Cl2Si/c1-2-21(19,20)16-11-9-14-7-6-12-4-3-5-13-8-10-15(16)18(14)17(12)13/h3-11H,2H2,1H3. The third-order valence-electron chi connectivity index (χ3n) is 4.37. The zero-order valence-corrected chi connectivity index (χ0v) is 14.2. The average Bonchev–Trinajstić information content (AvgIpc) is 2.52. The summed E-state index contributed by atoms with van der Waals surface area (Å²) in [6.07, 6.45) is 0. The monoisotopic (exact) mass is 328 g/mol. The molecule has 0 amide bonds. The molecule has 0 aromatic heterocycles. The molecule has 0 fully saturated rings. The van der Waals surface area contributed by atoms with E-state index >= 15 is 0 Å². The van der Waals surface area contributed by atoms with Crippen molar-refractivity contribution >= 4 is 66.4 Å². The van der Waals surface area contributed by atoms with Crippen LogP contribution in [0.3, 0.4) is 0 Å². The fourth-order valence-corrected chi connectivity index (χ4v) is 5.54. The highest BCUT2D eigenvalue weighted by molar-refractivity contribution is 7.51. The first-order chi connectivity index (χ1) is 10.1. The van der Waals surface area contributed by atoms with Crippen molar-refractivity contribution in [1.29, 1.82) is 0 Å². The number of halogens is 2. The Morgan fingerprint density at radius 3 is 2.00 bits per heavy atom. The van der Waals surface area contributed by atoms with Crippen molar-refractivity contribution in [1.82, 2.24) is 0 Å². The van der Waals surface area contributed by atoms with Gasteiger partial charge in [-0.15, -0.1) is 22.2 Å². The van der Waals surface area contributed by atoms with Crippen molar-refractivity contribution in [3.8, 4) is 0 Å². The SMILES string of the molecule is CC[Si](Cl)(Cl)c1ccc2ccc3cccc4ccc1c2c34. The molecular formula is C18H14Cl2Si. The smallest absolute Gasteiger partial charge is 0.140 e. The maximum atomic E-state index is 6.67. The Morgan fingerprint density at radius 2 is 1.33 bits per heavy atom. The topological polar surface area (TPSA) is 0 Å². The van der Waals surface area contributed by atoms with Gasteiger partial charge in [-0.05, 0) is 43.5 Å². The predicted molar refractivity (Wildman–Crippen MR) is 97.7 cm³/mol. The van der Waals surface area contributed by atoms with E-state index in [1.807, 2.05) is 0 Å². The van der Waals surface area contributed by atoms with Crippen LogP contribution in [-0.4, -0.2) is 6.69 Å². The Morgan fingerprint density at radius 1 is 0.762 bits per heavy atom. The molecule has 0 aliphatic carbocycles. The number of hydrogen-bond acceptors (Lipinski definition) is 0. The minimum Gasteiger partial charge on any atom is -0.140 e. The van der Waals surface area contributed by atoms with E-state index in [4.69, 9.17) is 22.2 Å². The molecule has 0 atom stereocenters. The Labute approximate surface area is 134 Å². The van der Waals surface area contributed by atoms with Crippen LogP contribution >= 0.6 is 22.2 Å². The van der Waals surface area contributed by atoms with Gasteiger partial charge >= 0.3 is 0 Å². The molecule has 0 saturated heterocycles. The summed E-state index contributed by atoms with van der Waals surface area (Å²) in [5, 5.41) is 8.78. The second-order valence-corrected chi connectivity index (χ2v) is 12.6. The van der Waals surface area contributed by atoms with Crippen LogP contribution in [0.1, 0.15) is 6.92 Å². The molecule has 4 rings (SSSR count). The minimum absolute atomic E-state index is 0.820. The third kappa shape index (κ3) is 1.88. The summed E-state index contributed by atoms with van der Waals surface area (Å²) in [6.45, 7) is -0.327. The lowest BCUT2D eigenvalue weighted by atomic mass is 9.94. The summed E-state index contributed by atoms with van der Waals surface area (Å²) in [5.74, 6) is 0. The van der Waals surface area contributed by atoms with Crippen LogP contribution in [0.2, 0.25) is 6.04 Å². The summed E-state index contributed by atoms with van der Waals surface area (Å²) in [6, 6.07) is 20.3. The lowest BCUT2D eigenvalue weighted by molar-refractivity contribution is 1.45. The second-order valence-electron chi connectivity index (χ2n) is 5.53. The molecule has 0 heterocycles. The molecule has 3 heteroatoms. The van der Waals surface area contributed by atoms with E-state index in [0.29, 0.717) is 0 Å². The van der Waals surface area contributed by atoms with E-state index < -0.39 is 6.69 Å². The first kappa shape index (κ1) is 13.4. The highest BCUT2D eigenvalue weighted by Gasteiger charge is 2.30. The summed E-state index contributed by atoms with van der Waals surface area (Å²) in [4.78, 5) is 0. The molecule has 4 aromatic carbocycles. The number of rotatable bonds is 2. The highest BCUT2D eigenvalue weighted by atomic mass is 35.7. The molecule has 0 aliphatic rings. The molecular weight excluding hydrogens is 315 g/mol. The van der Waals surface area contributed by atoms with Crippen molar-refractivity contribution in [3.63, 3.8) is 0 Å². The van der Waals surface area contributed by atoms with Gasteiger partial charge in [0, 0.05) is 0 Å². The summed E-state index contributed by atoms with van der Waals surface area (Å²) >= 11 is 13.3. The highest BCUT2D eigenvalue weighted by Crippen LogP contribution is 2.35. The minimum atomic E-state index is -2.40. The van der Waals surface area contributed by atoms with Gasteiger partial charge in [-0.25, -0.2) is 0 Å². The van der Waals surface area contributed by atoms with E-state index in [1.165, 1.54) is 32.3 Å².